The van der Waals surface area contributed by atoms with Gasteiger partial charge in [-0.3, -0.25) is 18.9 Å². The Balaban J connectivity index is 1.61. The highest BCUT2D eigenvalue weighted by Gasteiger charge is 2.38. The van der Waals surface area contributed by atoms with E-state index < -0.39 is 0 Å². The average Bonchev–Trinajstić information content (AvgIpc) is 3.38. The number of fused-ring (bicyclic) bond motifs is 1. The lowest BCUT2D eigenvalue weighted by molar-refractivity contribution is -0.123. The van der Waals surface area contributed by atoms with E-state index in [4.69, 9.17) is 17.2 Å². The molecule has 5 rings (SSSR count). The number of aromatic nitrogens is 2. The van der Waals surface area contributed by atoms with Gasteiger partial charge in [-0.2, -0.15) is 0 Å². The molecule has 0 aromatic carbocycles. The van der Waals surface area contributed by atoms with Gasteiger partial charge in [-0.05, 0) is 50.3 Å². The minimum absolute atomic E-state index is 0.0703. The number of anilines is 1. The second kappa shape index (κ2) is 8.15. The van der Waals surface area contributed by atoms with E-state index >= 15 is 0 Å². The molecule has 2 aromatic heterocycles. The number of piperidine rings is 1. The molecule has 4 heterocycles. The molecular weight excluding hydrogens is 416 g/mol. The van der Waals surface area contributed by atoms with Crippen LogP contribution in [0.2, 0.25) is 0 Å². The monoisotopic (exact) mass is 440 g/mol. The third-order valence-corrected chi connectivity index (χ3v) is 7.52. The molecular formula is C22H24N4O2S2. The fourth-order valence-electron chi connectivity index (χ4n) is 4.65. The first-order valence-electron chi connectivity index (χ1n) is 10.7. The number of carbonyl (C=O) groups excluding carboxylic acids is 1. The van der Waals surface area contributed by atoms with Crippen molar-refractivity contribution in [1.82, 2.24) is 14.3 Å². The molecule has 0 N–H and O–H groups in total. The van der Waals surface area contributed by atoms with Gasteiger partial charge in [-0.25, -0.2) is 4.98 Å². The lowest BCUT2D eigenvalue weighted by Crippen LogP contribution is -2.36. The summed E-state index contributed by atoms with van der Waals surface area (Å²) in [6.07, 6.45) is 11.1. The summed E-state index contributed by atoms with van der Waals surface area (Å²) in [5.74, 6) is 0.607. The molecule has 2 saturated heterocycles. The zero-order valence-corrected chi connectivity index (χ0v) is 18.4. The lowest BCUT2D eigenvalue weighted by atomic mass is 10.1. The SMILES string of the molecule is O=C1C(=Cc2c(N3CCCCC3)nc3ccccn3c2=O)SC(=S)N1C1CCCC1. The quantitative estimate of drug-likeness (QED) is 0.534. The third kappa shape index (κ3) is 3.46. The third-order valence-electron chi connectivity index (χ3n) is 6.19. The first-order chi connectivity index (χ1) is 14.6. The maximum Gasteiger partial charge on any atom is 0.267 e. The Morgan fingerprint density at radius 2 is 1.83 bits per heavy atom. The van der Waals surface area contributed by atoms with E-state index in [0.29, 0.717) is 26.3 Å². The number of hydrogen-bond donors (Lipinski definition) is 0. The maximum atomic E-state index is 13.4. The Hall–Kier alpha value is -2.19. The molecule has 3 fully saturated rings. The molecule has 6 nitrogen and oxygen atoms in total. The van der Waals surface area contributed by atoms with Crippen LogP contribution in [-0.4, -0.2) is 43.6 Å². The topological polar surface area (TPSA) is 57.9 Å². The molecule has 3 aliphatic rings. The molecule has 2 aromatic rings. The predicted molar refractivity (Wildman–Crippen MR) is 125 cm³/mol. The molecule has 2 aliphatic heterocycles. The molecule has 0 radical (unpaired) electrons. The maximum absolute atomic E-state index is 13.4. The van der Waals surface area contributed by atoms with Crippen molar-refractivity contribution in [2.24, 2.45) is 0 Å². The Labute approximate surface area is 185 Å². The summed E-state index contributed by atoms with van der Waals surface area (Å²) < 4.78 is 2.16. The van der Waals surface area contributed by atoms with Crippen molar-refractivity contribution in [3.8, 4) is 0 Å². The number of nitrogens with zero attached hydrogens (tertiary/aromatic N) is 4. The van der Waals surface area contributed by atoms with E-state index in [1.165, 1.54) is 18.2 Å². The van der Waals surface area contributed by atoms with E-state index in [0.717, 1.165) is 51.6 Å². The second-order valence-electron chi connectivity index (χ2n) is 8.12. The molecule has 0 atom stereocenters. The van der Waals surface area contributed by atoms with Gasteiger partial charge in [0.25, 0.3) is 11.5 Å². The summed E-state index contributed by atoms with van der Waals surface area (Å²) in [6.45, 7) is 1.75. The number of carbonyl (C=O) groups is 1. The van der Waals surface area contributed by atoms with Gasteiger partial charge < -0.3 is 4.90 Å². The highest BCUT2D eigenvalue weighted by atomic mass is 32.2. The fourth-order valence-corrected chi connectivity index (χ4v) is 6.03. The van der Waals surface area contributed by atoms with Crippen LogP contribution >= 0.6 is 24.0 Å². The van der Waals surface area contributed by atoms with Crippen LogP contribution in [0.3, 0.4) is 0 Å². The average molecular weight is 441 g/mol. The van der Waals surface area contributed by atoms with Crippen LogP contribution in [0.25, 0.3) is 11.7 Å². The van der Waals surface area contributed by atoms with Crippen LogP contribution in [0.1, 0.15) is 50.5 Å². The highest BCUT2D eigenvalue weighted by Crippen LogP contribution is 2.38. The fraction of sp³-hybridized carbons (Fsp3) is 0.455. The minimum atomic E-state index is -0.146. The van der Waals surface area contributed by atoms with Crippen LogP contribution in [-0.2, 0) is 4.79 Å². The zero-order valence-electron chi connectivity index (χ0n) is 16.7. The summed E-state index contributed by atoms with van der Waals surface area (Å²) in [4.78, 5) is 35.9. The van der Waals surface area contributed by atoms with E-state index in [-0.39, 0.29) is 17.5 Å². The molecule has 156 valence electrons. The zero-order chi connectivity index (χ0) is 20.7. The molecule has 1 saturated carbocycles. The van der Waals surface area contributed by atoms with Crippen molar-refractivity contribution >= 4 is 51.7 Å². The van der Waals surface area contributed by atoms with E-state index in [1.807, 2.05) is 18.2 Å². The second-order valence-corrected chi connectivity index (χ2v) is 9.80. The van der Waals surface area contributed by atoms with Crippen LogP contribution in [0.15, 0.2) is 34.1 Å². The molecule has 8 heteroatoms. The Morgan fingerprint density at radius 1 is 1.07 bits per heavy atom. The van der Waals surface area contributed by atoms with E-state index in [1.54, 1.807) is 21.6 Å². The predicted octanol–water partition coefficient (Wildman–Crippen LogP) is 3.83. The molecule has 0 unspecified atom stereocenters. The smallest absolute Gasteiger partial charge is 0.267 e. The van der Waals surface area contributed by atoms with Gasteiger partial charge in [0, 0.05) is 25.3 Å². The summed E-state index contributed by atoms with van der Waals surface area (Å²) in [6, 6.07) is 5.74. The van der Waals surface area contributed by atoms with Gasteiger partial charge in [0.15, 0.2) is 0 Å². The van der Waals surface area contributed by atoms with Crippen molar-refractivity contribution in [1.29, 1.82) is 0 Å². The number of rotatable bonds is 3. The summed E-state index contributed by atoms with van der Waals surface area (Å²) in [7, 11) is 0. The van der Waals surface area contributed by atoms with Crippen molar-refractivity contribution in [3.63, 3.8) is 0 Å². The standard InChI is InChI=1S/C22H24N4O2S2/c27-20-16(14-17-21(28)26(22(29)30-17)15-8-2-3-9-15)19(24-11-5-1-6-12-24)23-18-10-4-7-13-25(18)20/h4,7,10,13-15H,1-3,5-6,8-9,11-12H2. The number of amides is 1. The Bertz CT molecular complexity index is 1100. The van der Waals surface area contributed by atoms with Crippen LogP contribution < -0.4 is 10.5 Å². The molecule has 30 heavy (non-hydrogen) atoms. The van der Waals surface area contributed by atoms with E-state index in [2.05, 4.69) is 4.90 Å². The summed E-state index contributed by atoms with van der Waals surface area (Å²) in [5, 5.41) is 0. The van der Waals surface area contributed by atoms with Gasteiger partial charge in [-0.1, -0.05) is 42.9 Å². The first kappa shape index (κ1) is 19.8. The van der Waals surface area contributed by atoms with Gasteiger partial charge in [0.2, 0.25) is 0 Å². The molecule has 1 amide bonds. The van der Waals surface area contributed by atoms with E-state index in [9.17, 15) is 9.59 Å². The van der Waals surface area contributed by atoms with Gasteiger partial charge in [0.1, 0.15) is 15.8 Å². The normalized spacial score (nSPS) is 22.1. The molecule has 1 aliphatic carbocycles. The van der Waals surface area contributed by atoms with Crippen LogP contribution in [0.4, 0.5) is 5.82 Å². The number of pyridine rings is 1. The van der Waals surface area contributed by atoms with Crippen molar-refractivity contribution in [2.45, 2.75) is 51.0 Å². The van der Waals surface area contributed by atoms with Gasteiger partial charge >= 0.3 is 0 Å². The van der Waals surface area contributed by atoms with Crippen LogP contribution in [0, 0.1) is 0 Å². The summed E-state index contributed by atoms with van der Waals surface area (Å²) >= 11 is 6.84. The largest absolute Gasteiger partial charge is 0.356 e. The molecule has 0 bridgehead atoms. The lowest BCUT2D eigenvalue weighted by Gasteiger charge is -2.29. The van der Waals surface area contributed by atoms with Gasteiger partial charge in [0.05, 0.1) is 10.5 Å². The van der Waals surface area contributed by atoms with Gasteiger partial charge in [-0.15, -0.1) is 0 Å². The van der Waals surface area contributed by atoms with Crippen molar-refractivity contribution in [3.05, 3.63) is 45.2 Å². The Morgan fingerprint density at radius 3 is 2.60 bits per heavy atom. The minimum Gasteiger partial charge on any atom is -0.356 e. The number of thiocarbonyl (C=S) groups is 1. The highest BCUT2D eigenvalue weighted by molar-refractivity contribution is 8.26. The number of thioether (sulfide) groups is 1. The van der Waals surface area contributed by atoms with Crippen molar-refractivity contribution in [2.75, 3.05) is 18.0 Å². The van der Waals surface area contributed by atoms with Crippen LogP contribution in [0.5, 0.6) is 0 Å². The number of hydrogen-bond acceptors (Lipinski definition) is 6. The first-order valence-corrected chi connectivity index (χ1v) is 11.9. The molecule has 0 spiro atoms. The van der Waals surface area contributed by atoms with Crippen molar-refractivity contribution < 1.29 is 4.79 Å². The Kier molecular flexibility index (Phi) is 5.37. The summed E-state index contributed by atoms with van der Waals surface area (Å²) in [5.41, 5.74) is 0.957.